The van der Waals surface area contributed by atoms with Crippen molar-refractivity contribution in [2.24, 2.45) is 0 Å². The molecule has 0 saturated heterocycles. The molecule has 0 spiro atoms. The summed E-state index contributed by atoms with van der Waals surface area (Å²) in [5.74, 6) is 0.849. The number of ether oxygens (including phenoxy) is 1. The summed E-state index contributed by atoms with van der Waals surface area (Å²) in [6.45, 7) is 3.26. The van der Waals surface area contributed by atoms with E-state index in [9.17, 15) is 4.79 Å². The third-order valence-corrected chi connectivity index (χ3v) is 4.54. The van der Waals surface area contributed by atoms with E-state index in [0.717, 1.165) is 29.8 Å². The van der Waals surface area contributed by atoms with Gasteiger partial charge >= 0.3 is 0 Å². The number of halogens is 1. The highest BCUT2D eigenvalue weighted by Gasteiger charge is 2.22. The van der Waals surface area contributed by atoms with E-state index in [1.165, 1.54) is 5.56 Å². The quantitative estimate of drug-likeness (QED) is 0.842. The van der Waals surface area contributed by atoms with Crippen LogP contribution in [0.3, 0.4) is 0 Å². The molecule has 4 heteroatoms. The van der Waals surface area contributed by atoms with Crippen molar-refractivity contribution in [3.05, 3.63) is 63.7 Å². The normalized spacial score (nSPS) is 13.7. The summed E-state index contributed by atoms with van der Waals surface area (Å²) in [6.07, 6.45) is 0.866. The van der Waals surface area contributed by atoms with Crippen LogP contribution < -0.4 is 4.74 Å². The van der Waals surface area contributed by atoms with Gasteiger partial charge in [0.2, 0.25) is 0 Å². The molecule has 0 atom stereocenters. The topological polar surface area (TPSA) is 29.5 Å². The highest BCUT2D eigenvalue weighted by atomic mass is 35.5. The lowest BCUT2D eigenvalue weighted by molar-refractivity contribution is 0.0734. The second kappa shape index (κ2) is 6.01. The van der Waals surface area contributed by atoms with Gasteiger partial charge in [0.25, 0.3) is 5.91 Å². The molecule has 22 heavy (non-hydrogen) atoms. The highest BCUT2D eigenvalue weighted by molar-refractivity contribution is 6.31. The fourth-order valence-corrected chi connectivity index (χ4v) is 2.92. The first-order valence-electron chi connectivity index (χ1n) is 7.29. The van der Waals surface area contributed by atoms with Gasteiger partial charge in [-0.05, 0) is 54.3 Å². The number of aryl methyl sites for hydroxylation is 1. The number of methoxy groups -OCH3 is 1. The van der Waals surface area contributed by atoms with Crippen molar-refractivity contribution in [1.29, 1.82) is 0 Å². The van der Waals surface area contributed by atoms with Gasteiger partial charge in [-0.25, -0.2) is 0 Å². The van der Waals surface area contributed by atoms with Crippen LogP contribution in [0.5, 0.6) is 5.75 Å². The van der Waals surface area contributed by atoms with Crippen molar-refractivity contribution in [3.8, 4) is 5.75 Å². The van der Waals surface area contributed by atoms with Crippen molar-refractivity contribution in [3.63, 3.8) is 0 Å². The van der Waals surface area contributed by atoms with Crippen molar-refractivity contribution >= 4 is 17.5 Å². The van der Waals surface area contributed by atoms with Gasteiger partial charge in [0.1, 0.15) is 5.75 Å². The Labute approximate surface area is 135 Å². The molecule has 1 amide bonds. The van der Waals surface area contributed by atoms with Gasteiger partial charge in [0.15, 0.2) is 0 Å². The average Bonchev–Trinajstić information content (AvgIpc) is 2.55. The third kappa shape index (κ3) is 2.81. The van der Waals surface area contributed by atoms with Crippen LogP contribution in [-0.4, -0.2) is 24.5 Å². The second-order valence-electron chi connectivity index (χ2n) is 5.58. The molecule has 0 bridgehead atoms. The number of carbonyl (C=O) groups is 1. The first-order chi connectivity index (χ1) is 10.6. The maximum Gasteiger partial charge on any atom is 0.254 e. The molecule has 2 aromatic rings. The second-order valence-corrected chi connectivity index (χ2v) is 5.98. The summed E-state index contributed by atoms with van der Waals surface area (Å²) in [5, 5.41) is 0.630. The van der Waals surface area contributed by atoms with Crippen molar-refractivity contribution < 1.29 is 9.53 Å². The molecule has 0 radical (unpaired) electrons. The van der Waals surface area contributed by atoms with E-state index in [4.69, 9.17) is 16.3 Å². The largest absolute Gasteiger partial charge is 0.497 e. The monoisotopic (exact) mass is 315 g/mol. The van der Waals surface area contributed by atoms with Gasteiger partial charge < -0.3 is 9.64 Å². The molecule has 0 N–H and O–H groups in total. The minimum Gasteiger partial charge on any atom is -0.497 e. The van der Waals surface area contributed by atoms with Crippen LogP contribution in [-0.2, 0) is 13.0 Å². The Kier molecular flexibility index (Phi) is 4.08. The number of rotatable bonds is 2. The molecule has 3 rings (SSSR count). The lowest BCUT2D eigenvalue weighted by Crippen LogP contribution is -2.35. The number of hydrogen-bond donors (Lipinski definition) is 0. The van der Waals surface area contributed by atoms with Gasteiger partial charge in [0.05, 0.1) is 7.11 Å². The molecule has 2 aromatic carbocycles. The maximum absolute atomic E-state index is 12.7. The molecule has 0 unspecified atom stereocenters. The predicted octanol–water partition coefficient (Wildman–Crippen LogP) is 3.86. The number of benzene rings is 2. The van der Waals surface area contributed by atoms with E-state index >= 15 is 0 Å². The molecule has 1 heterocycles. The van der Waals surface area contributed by atoms with Crippen LogP contribution in [0, 0.1) is 6.92 Å². The summed E-state index contributed by atoms with van der Waals surface area (Å²) < 4.78 is 5.27. The summed E-state index contributed by atoms with van der Waals surface area (Å²) in [4.78, 5) is 14.5. The standard InChI is InChI=1S/C18H18ClNO2/c1-12-3-4-14(10-17(12)19)18(21)20-8-7-13-5-6-16(22-2)9-15(13)11-20/h3-6,9-10H,7-8,11H2,1-2H3. The van der Waals surface area contributed by atoms with Crippen LogP contribution in [0.2, 0.25) is 5.02 Å². The number of fused-ring (bicyclic) bond motifs is 1. The maximum atomic E-state index is 12.7. The van der Waals surface area contributed by atoms with E-state index < -0.39 is 0 Å². The molecule has 0 saturated carbocycles. The van der Waals surface area contributed by atoms with Crippen molar-refractivity contribution in [2.45, 2.75) is 19.9 Å². The molecular weight excluding hydrogens is 298 g/mol. The van der Waals surface area contributed by atoms with Gasteiger partial charge in [-0.3, -0.25) is 4.79 Å². The Balaban J connectivity index is 1.84. The van der Waals surface area contributed by atoms with Gasteiger partial charge in [-0.15, -0.1) is 0 Å². The first kappa shape index (κ1) is 14.9. The zero-order chi connectivity index (χ0) is 15.7. The number of hydrogen-bond acceptors (Lipinski definition) is 2. The van der Waals surface area contributed by atoms with Gasteiger partial charge in [-0.1, -0.05) is 23.7 Å². The zero-order valence-corrected chi connectivity index (χ0v) is 13.5. The molecule has 0 aliphatic carbocycles. The van der Waals surface area contributed by atoms with Crippen molar-refractivity contribution in [2.75, 3.05) is 13.7 Å². The van der Waals surface area contributed by atoms with Crippen LogP contribution in [0.15, 0.2) is 36.4 Å². The Morgan fingerprint density at radius 2 is 2.00 bits per heavy atom. The van der Waals surface area contributed by atoms with Gasteiger partial charge in [-0.2, -0.15) is 0 Å². The fourth-order valence-electron chi connectivity index (χ4n) is 2.74. The SMILES string of the molecule is COc1ccc2c(c1)CN(C(=O)c1ccc(C)c(Cl)c1)CC2. The Morgan fingerprint density at radius 1 is 1.18 bits per heavy atom. The Bertz CT molecular complexity index is 727. The van der Waals surface area contributed by atoms with Crippen LogP contribution in [0.4, 0.5) is 0 Å². The van der Waals surface area contributed by atoms with Crippen LogP contribution in [0.1, 0.15) is 27.0 Å². The summed E-state index contributed by atoms with van der Waals surface area (Å²) in [6, 6.07) is 11.5. The number of carbonyl (C=O) groups excluding carboxylic acids is 1. The molecule has 1 aliphatic heterocycles. The van der Waals surface area contributed by atoms with Crippen LogP contribution in [0.25, 0.3) is 0 Å². The molecule has 114 valence electrons. The minimum atomic E-state index is 0.0235. The Hall–Kier alpha value is -2.00. The first-order valence-corrected chi connectivity index (χ1v) is 7.67. The van der Waals surface area contributed by atoms with E-state index in [1.807, 2.05) is 36.1 Å². The number of nitrogens with zero attached hydrogens (tertiary/aromatic N) is 1. The summed E-state index contributed by atoms with van der Waals surface area (Å²) in [7, 11) is 1.65. The third-order valence-electron chi connectivity index (χ3n) is 4.13. The average molecular weight is 316 g/mol. The summed E-state index contributed by atoms with van der Waals surface area (Å²) >= 11 is 6.13. The minimum absolute atomic E-state index is 0.0235. The smallest absolute Gasteiger partial charge is 0.254 e. The van der Waals surface area contributed by atoms with E-state index in [1.54, 1.807) is 13.2 Å². The molecule has 3 nitrogen and oxygen atoms in total. The summed E-state index contributed by atoms with van der Waals surface area (Å²) in [5.41, 5.74) is 4.05. The molecule has 1 aliphatic rings. The predicted molar refractivity (Wildman–Crippen MR) is 87.6 cm³/mol. The van der Waals surface area contributed by atoms with E-state index in [-0.39, 0.29) is 5.91 Å². The van der Waals surface area contributed by atoms with Crippen LogP contribution >= 0.6 is 11.6 Å². The van der Waals surface area contributed by atoms with Crippen molar-refractivity contribution in [1.82, 2.24) is 4.90 Å². The Morgan fingerprint density at radius 3 is 2.73 bits per heavy atom. The fraction of sp³-hybridized carbons (Fsp3) is 0.278. The molecule has 0 fully saturated rings. The van der Waals surface area contributed by atoms with Gasteiger partial charge in [0, 0.05) is 23.7 Å². The zero-order valence-electron chi connectivity index (χ0n) is 12.7. The molecule has 0 aromatic heterocycles. The molecular formula is C18H18ClNO2. The lowest BCUT2D eigenvalue weighted by Gasteiger charge is -2.29. The highest BCUT2D eigenvalue weighted by Crippen LogP contribution is 2.25. The van der Waals surface area contributed by atoms with E-state index in [0.29, 0.717) is 17.1 Å². The lowest BCUT2D eigenvalue weighted by atomic mass is 9.98. The number of amides is 1. The van der Waals surface area contributed by atoms with E-state index in [2.05, 4.69) is 6.07 Å².